The van der Waals surface area contributed by atoms with Gasteiger partial charge in [0.05, 0.1) is 16.9 Å². The van der Waals surface area contributed by atoms with Crippen LogP contribution in [-0.2, 0) is 0 Å². The molecule has 5 rings (SSSR count). The highest BCUT2D eigenvalue weighted by molar-refractivity contribution is 8.10. The van der Waals surface area contributed by atoms with Gasteiger partial charge in [0.1, 0.15) is 0 Å². The predicted molar refractivity (Wildman–Crippen MR) is 61.3 cm³/mol. The third-order valence-electron chi connectivity index (χ3n) is 5.50. The lowest BCUT2D eigenvalue weighted by Gasteiger charge is -2.54. The highest BCUT2D eigenvalue weighted by Gasteiger charge is 2.80. The van der Waals surface area contributed by atoms with Crippen molar-refractivity contribution in [1.82, 2.24) is 0 Å². The molecule has 1 heterocycles. The fourth-order valence-electron chi connectivity index (χ4n) is 5.10. The van der Waals surface area contributed by atoms with Crippen LogP contribution in [-0.4, -0.2) is 9.49 Å². The molecule has 1 spiro atoms. The summed E-state index contributed by atoms with van der Waals surface area (Å²) in [4.78, 5) is 0. The lowest BCUT2D eigenvalue weighted by molar-refractivity contribution is -0.00526. The van der Waals surface area contributed by atoms with Gasteiger partial charge in [0, 0.05) is 0 Å². The van der Waals surface area contributed by atoms with Crippen LogP contribution in [0.4, 0.5) is 0 Å². The Morgan fingerprint density at radius 1 is 0.875 bits per heavy atom. The molecule has 1 saturated heterocycles. The zero-order valence-electron chi connectivity index (χ0n) is 9.15. The van der Waals surface area contributed by atoms with Crippen molar-refractivity contribution in [2.75, 3.05) is 0 Å². The van der Waals surface area contributed by atoms with Gasteiger partial charge in [0.15, 0.2) is 0 Å². The molecule has 5 aliphatic rings. The normalized spacial score (nSPS) is 54.6. The summed E-state index contributed by atoms with van der Waals surface area (Å²) in [7, 11) is 0. The molecule has 0 amide bonds. The second kappa shape index (κ2) is 2.59. The molecule has 4 bridgehead atoms. The lowest BCUT2D eigenvalue weighted by Crippen LogP contribution is -2.53. The Bertz CT molecular complexity index is 400. The highest BCUT2D eigenvalue weighted by atomic mass is 32.2. The van der Waals surface area contributed by atoms with Gasteiger partial charge in [-0.25, -0.2) is 0 Å². The van der Waals surface area contributed by atoms with E-state index in [2.05, 4.69) is 12.1 Å². The quantitative estimate of drug-likeness (QED) is 0.601. The number of hydrogen-bond acceptors (Lipinski definition) is 3. The molecule has 0 N–H and O–H groups in total. The Labute approximate surface area is 100 Å². The number of nitrogens with zero attached hydrogens (tertiary/aromatic N) is 2. The molecule has 1 aliphatic heterocycles. The maximum Gasteiger partial charge on any atom is 0.204 e. The lowest BCUT2D eigenvalue weighted by atomic mass is 9.50. The van der Waals surface area contributed by atoms with Crippen molar-refractivity contribution in [2.45, 2.75) is 41.6 Å². The van der Waals surface area contributed by atoms with Crippen LogP contribution in [0.15, 0.2) is 0 Å². The summed E-state index contributed by atoms with van der Waals surface area (Å²) < 4.78 is -0.612. The first kappa shape index (κ1) is 9.37. The van der Waals surface area contributed by atoms with Crippen LogP contribution in [0.25, 0.3) is 0 Å². The van der Waals surface area contributed by atoms with E-state index < -0.39 is 4.75 Å². The molecule has 2 nitrogen and oxygen atoms in total. The van der Waals surface area contributed by atoms with E-state index in [1.54, 1.807) is 11.8 Å². The highest BCUT2D eigenvalue weighted by Crippen LogP contribution is 2.79. The first-order valence-corrected chi connectivity index (χ1v) is 7.08. The van der Waals surface area contributed by atoms with E-state index in [0.717, 1.165) is 11.8 Å². The minimum Gasteiger partial charge on any atom is -0.196 e. The first-order chi connectivity index (χ1) is 7.74. The van der Waals surface area contributed by atoms with Crippen molar-refractivity contribution in [3.05, 3.63) is 0 Å². The van der Waals surface area contributed by atoms with Crippen molar-refractivity contribution in [2.24, 2.45) is 23.7 Å². The molecule has 0 aromatic carbocycles. The van der Waals surface area contributed by atoms with Gasteiger partial charge in [-0.1, -0.05) is 0 Å². The van der Waals surface area contributed by atoms with Crippen molar-refractivity contribution < 1.29 is 0 Å². The molecule has 4 saturated carbocycles. The SMILES string of the molecule is N#CC1(C#N)SC12C1CC3CC(C1)CC2C3. The molecule has 0 unspecified atom stereocenters. The number of hydrogen-bond donors (Lipinski definition) is 0. The maximum absolute atomic E-state index is 9.31. The van der Waals surface area contributed by atoms with Gasteiger partial charge >= 0.3 is 0 Å². The van der Waals surface area contributed by atoms with Crippen LogP contribution in [0.3, 0.4) is 0 Å². The smallest absolute Gasteiger partial charge is 0.196 e. The monoisotopic (exact) mass is 230 g/mol. The summed E-state index contributed by atoms with van der Waals surface area (Å²) in [6.45, 7) is 0. The third kappa shape index (κ3) is 0.800. The average molecular weight is 230 g/mol. The van der Waals surface area contributed by atoms with Gasteiger partial charge < -0.3 is 0 Å². The molecule has 82 valence electrons. The van der Waals surface area contributed by atoms with E-state index >= 15 is 0 Å². The van der Waals surface area contributed by atoms with Crippen LogP contribution in [0, 0.1) is 46.3 Å². The fraction of sp³-hybridized carbons (Fsp3) is 0.846. The minimum atomic E-state index is -0.671. The Kier molecular flexibility index (Phi) is 1.52. The van der Waals surface area contributed by atoms with E-state index in [9.17, 15) is 10.5 Å². The Morgan fingerprint density at radius 3 is 1.75 bits per heavy atom. The minimum absolute atomic E-state index is 0.0594. The van der Waals surface area contributed by atoms with E-state index in [0.29, 0.717) is 11.8 Å². The molecule has 0 aromatic rings. The second-order valence-electron chi connectivity index (χ2n) is 6.10. The van der Waals surface area contributed by atoms with Crippen molar-refractivity contribution in [3.63, 3.8) is 0 Å². The van der Waals surface area contributed by atoms with Gasteiger partial charge in [0.25, 0.3) is 0 Å². The summed E-state index contributed by atoms with van der Waals surface area (Å²) in [6, 6.07) is 4.65. The molecule has 5 fully saturated rings. The van der Waals surface area contributed by atoms with Gasteiger partial charge in [-0.3, -0.25) is 0 Å². The largest absolute Gasteiger partial charge is 0.204 e. The maximum atomic E-state index is 9.31. The molecular weight excluding hydrogens is 216 g/mol. The Hall–Kier alpha value is -0.670. The van der Waals surface area contributed by atoms with Crippen molar-refractivity contribution >= 4 is 11.8 Å². The average Bonchev–Trinajstić information content (AvgIpc) is 2.96. The molecule has 0 atom stereocenters. The summed E-state index contributed by atoms with van der Waals surface area (Å²) in [6.07, 6.45) is 6.62. The Morgan fingerprint density at radius 2 is 1.38 bits per heavy atom. The van der Waals surface area contributed by atoms with Gasteiger partial charge in [-0.2, -0.15) is 10.5 Å². The number of thioether (sulfide) groups is 1. The summed E-state index contributed by atoms with van der Waals surface area (Å²) >= 11 is 1.70. The summed E-state index contributed by atoms with van der Waals surface area (Å²) in [5, 5.41) is 18.6. The third-order valence-corrected chi connectivity index (χ3v) is 7.43. The van der Waals surface area contributed by atoms with Crippen LogP contribution in [0.5, 0.6) is 0 Å². The van der Waals surface area contributed by atoms with E-state index in [1.807, 2.05) is 0 Å². The number of rotatable bonds is 0. The molecule has 3 heteroatoms. The molecule has 0 aromatic heterocycles. The zero-order chi connectivity index (χ0) is 11.0. The van der Waals surface area contributed by atoms with E-state index in [-0.39, 0.29) is 4.75 Å². The van der Waals surface area contributed by atoms with E-state index in [1.165, 1.54) is 32.1 Å². The predicted octanol–water partition coefficient (Wildman–Crippen LogP) is 2.71. The first-order valence-electron chi connectivity index (χ1n) is 6.27. The fourth-order valence-corrected chi connectivity index (χ4v) is 6.79. The molecular formula is C13H14N2S. The number of nitriles is 2. The molecule has 0 radical (unpaired) electrons. The van der Waals surface area contributed by atoms with Crippen LogP contribution in [0.2, 0.25) is 0 Å². The molecule has 16 heavy (non-hydrogen) atoms. The standard InChI is InChI=1S/C13H14N2S/c14-6-12(7-15)13(16-12)10-2-8-1-9(4-10)5-11(13)3-8/h8-11H,1-5H2. The van der Waals surface area contributed by atoms with Crippen molar-refractivity contribution in [3.8, 4) is 12.1 Å². The van der Waals surface area contributed by atoms with Gasteiger partial charge in [0.2, 0.25) is 4.75 Å². The zero-order valence-corrected chi connectivity index (χ0v) is 9.96. The topological polar surface area (TPSA) is 47.6 Å². The van der Waals surface area contributed by atoms with E-state index in [4.69, 9.17) is 0 Å². The van der Waals surface area contributed by atoms with Gasteiger partial charge in [-0.15, -0.1) is 11.8 Å². The van der Waals surface area contributed by atoms with Crippen LogP contribution >= 0.6 is 11.8 Å². The van der Waals surface area contributed by atoms with Gasteiger partial charge in [-0.05, 0) is 55.8 Å². The second-order valence-corrected chi connectivity index (χ2v) is 7.60. The Balaban J connectivity index is 1.78. The van der Waals surface area contributed by atoms with Crippen LogP contribution in [0.1, 0.15) is 32.1 Å². The summed E-state index contributed by atoms with van der Waals surface area (Å²) in [5.41, 5.74) is 0. The summed E-state index contributed by atoms with van der Waals surface area (Å²) in [5.74, 6) is 3.19. The molecule has 4 aliphatic carbocycles. The van der Waals surface area contributed by atoms with Crippen LogP contribution < -0.4 is 0 Å². The van der Waals surface area contributed by atoms with Crippen molar-refractivity contribution in [1.29, 1.82) is 10.5 Å².